The molecule has 0 saturated carbocycles. The van der Waals surface area contributed by atoms with Crippen LogP contribution in [0.3, 0.4) is 0 Å². The largest absolute Gasteiger partial charge is 0.480 e. The number of aliphatic hydroxyl groups is 1. The standard InChI is InChI=1S/C28H47ClN6O5S.2C2H6/c1-6-13-23(14-7-2)41(39,40)33-25(28(37)38)21-32-27(36)16-11-10-15-26(24(29)8-3)34(5)19-20-35(9-4)22-31-18-12-17-30;2*1-2/h6-8,10-11,13-14,22,25,27,32-33,36H,1,3,9,12,15-21,30H2,2,4-5H3,(H,37,38);2*1-2H3/b11-10-,14-7-,23-13+,26-24-,31-22?;;/t25-,27?;;/m0../s1. The molecule has 11 nitrogen and oxygen atoms in total. The third kappa shape index (κ3) is 22.4. The fourth-order valence-electron chi connectivity index (χ4n) is 3.33. The number of halogens is 1. The van der Waals surface area contributed by atoms with E-state index >= 15 is 0 Å². The van der Waals surface area contributed by atoms with Crippen molar-refractivity contribution >= 4 is 33.9 Å². The molecule has 0 bridgehead atoms. The van der Waals surface area contributed by atoms with E-state index in [1.54, 1.807) is 19.1 Å². The summed E-state index contributed by atoms with van der Waals surface area (Å²) in [6.45, 7) is 22.1. The van der Waals surface area contributed by atoms with Gasteiger partial charge in [0.1, 0.15) is 12.3 Å². The van der Waals surface area contributed by atoms with Crippen LogP contribution in [0.2, 0.25) is 0 Å². The van der Waals surface area contributed by atoms with Crippen molar-refractivity contribution in [2.45, 2.75) is 73.1 Å². The molecule has 0 spiro atoms. The summed E-state index contributed by atoms with van der Waals surface area (Å²) >= 11 is 6.41. The summed E-state index contributed by atoms with van der Waals surface area (Å²) in [5, 5.41) is 22.9. The molecule has 45 heavy (non-hydrogen) atoms. The lowest BCUT2D eigenvalue weighted by Crippen LogP contribution is -2.49. The van der Waals surface area contributed by atoms with Gasteiger partial charge in [0.2, 0.25) is 10.0 Å². The number of nitrogens with zero attached hydrogens (tertiary/aromatic N) is 3. The van der Waals surface area contributed by atoms with E-state index in [1.165, 1.54) is 24.3 Å². The average Bonchev–Trinajstić information content (AvgIpc) is 3.03. The molecule has 0 aliphatic carbocycles. The monoisotopic (exact) mass is 674 g/mol. The number of likely N-dealkylation sites (N-methyl/N-ethyl adjacent to an activating group) is 2. The Morgan fingerprint density at radius 2 is 1.80 bits per heavy atom. The molecule has 0 saturated heterocycles. The Morgan fingerprint density at radius 3 is 2.31 bits per heavy atom. The Kier molecular flexibility index (Phi) is 31.1. The first kappa shape index (κ1) is 46.7. The van der Waals surface area contributed by atoms with Gasteiger partial charge in [-0.15, -0.1) is 0 Å². The lowest BCUT2D eigenvalue weighted by atomic mass is 10.2. The molecule has 260 valence electrons. The zero-order valence-corrected chi connectivity index (χ0v) is 29.9. The molecule has 1 unspecified atom stereocenters. The van der Waals surface area contributed by atoms with Gasteiger partial charge in [0.05, 0.1) is 16.3 Å². The Balaban J connectivity index is -0.00000422. The van der Waals surface area contributed by atoms with E-state index in [0.29, 0.717) is 31.1 Å². The van der Waals surface area contributed by atoms with Gasteiger partial charge in [0.25, 0.3) is 0 Å². The lowest BCUT2D eigenvalue weighted by molar-refractivity contribution is -0.138. The fourth-order valence-corrected chi connectivity index (χ4v) is 4.83. The van der Waals surface area contributed by atoms with Gasteiger partial charge >= 0.3 is 5.97 Å². The van der Waals surface area contributed by atoms with E-state index in [1.807, 2.05) is 52.1 Å². The maximum Gasteiger partial charge on any atom is 0.323 e. The summed E-state index contributed by atoms with van der Waals surface area (Å²) in [5.41, 5.74) is 6.36. The summed E-state index contributed by atoms with van der Waals surface area (Å²) in [6.07, 6.45) is 12.8. The molecule has 0 aromatic carbocycles. The van der Waals surface area contributed by atoms with Crippen LogP contribution in [0.25, 0.3) is 0 Å². The lowest BCUT2D eigenvalue weighted by Gasteiger charge is -2.26. The van der Waals surface area contributed by atoms with Gasteiger partial charge in [-0.1, -0.05) is 76.8 Å². The zero-order chi connectivity index (χ0) is 35.3. The van der Waals surface area contributed by atoms with Gasteiger partial charge in [0.15, 0.2) is 0 Å². The average molecular weight is 675 g/mol. The second-order valence-corrected chi connectivity index (χ2v) is 11.0. The zero-order valence-electron chi connectivity index (χ0n) is 28.4. The van der Waals surface area contributed by atoms with Crippen LogP contribution in [0, 0.1) is 0 Å². The van der Waals surface area contributed by atoms with Crippen molar-refractivity contribution in [1.29, 1.82) is 0 Å². The minimum Gasteiger partial charge on any atom is -0.480 e. The van der Waals surface area contributed by atoms with Crippen LogP contribution in [-0.2, 0) is 14.8 Å². The van der Waals surface area contributed by atoms with Crippen LogP contribution < -0.4 is 15.8 Å². The molecule has 0 radical (unpaired) electrons. The number of carboxylic acid groups (broad SMARTS) is 1. The first-order valence-corrected chi connectivity index (χ1v) is 17.3. The number of rotatable bonds is 23. The van der Waals surface area contributed by atoms with E-state index in [9.17, 15) is 23.4 Å². The number of nitrogens with two attached hydrogens (primary N) is 1. The summed E-state index contributed by atoms with van der Waals surface area (Å²) in [4.78, 5) is 20.0. The Bertz CT molecular complexity index is 1070. The molecule has 0 aliphatic rings. The summed E-state index contributed by atoms with van der Waals surface area (Å²) in [5.74, 6) is -1.39. The predicted octanol–water partition coefficient (Wildman–Crippen LogP) is 4.57. The number of carbonyl (C=O) groups is 1. The van der Waals surface area contributed by atoms with Gasteiger partial charge in [-0.2, -0.15) is 4.72 Å². The maximum atomic E-state index is 12.6. The van der Waals surface area contributed by atoms with Crippen LogP contribution in [0.1, 0.15) is 60.8 Å². The SMILES string of the molecule is C=C/C=C(\C=C/C)S(=O)(=O)N[C@@H](CNC(O)C/C=C\C/C(=C(/Cl)C=C)N(C)CCN(C=NCCCN)CC)C(=O)O.CC.CC. The number of hydrogen-bond donors (Lipinski definition) is 5. The van der Waals surface area contributed by atoms with Crippen molar-refractivity contribution in [2.24, 2.45) is 10.7 Å². The molecule has 0 rings (SSSR count). The molecule has 0 amide bonds. The van der Waals surface area contributed by atoms with E-state index in [-0.39, 0.29) is 17.9 Å². The Hall–Kier alpha value is -2.74. The number of sulfonamides is 1. The first-order valence-electron chi connectivity index (χ1n) is 15.4. The highest BCUT2D eigenvalue weighted by Crippen LogP contribution is 2.18. The van der Waals surface area contributed by atoms with Crippen LogP contribution in [0.4, 0.5) is 0 Å². The first-order chi connectivity index (χ1) is 21.5. The van der Waals surface area contributed by atoms with E-state index in [2.05, 4.69) is 40.0 Å². The van der Waals surface area contributed by atoms with E-state index in [0.717, 1.165) is 25.2 Å². The Labute approximate surface area is 278 Å². The van der Waals surface area contributed by atoms with Crippen molar-refractivity contribution in [2.75, 3.05) is 46.3 Å². The van der Waals surface area contributed by atoms with Gasteiger partial charge in [-0.3, -0.25) is 15.1 Å². The topological polar surface area (TPSA) is 161 Å². The van der Waals surface area contributed by atoms with Crippen molar-refractivity contribution in [3.05, 3.63) is 71.3 Å². The number of aliphatic carboxylic acids is 1. The molecule has 0 aromatic heterocycles. The fraction of sp³-hybridized carbons (Fsp3) is 0.562. The van der Waals surface area contributed by atoms with Crippen LogP contribution in [0.15, 0.2) is 76.3 Å². The summed E-state index contributed by atoms with van der Waals surface area (Å²) in [7, 11) is -2.18. The Morgan fingerprint density at radius 1 is 1.16 bits per heavy atom. The number of nitrogens with one attached hydrogen (secondary N) is 2. The van der Waals surface area contributed by atoms with Crippen molar-refractivity contribution in [3.63, 3.8) is 0 Å². The second kappa shape index (κ2) is 29.9. The van der Waals surface area contributed by atoms with Crippen LogP contribution in [0.5, 0.6) is 0 Å². The molecule has 13 heteroatoms. The molecule has 2 atom stereocenters. The molecule has 0 aliphatic heterocycles. The third-order valence-corrected chi connectivity index (χ3v) is 7.55. The maximum absolute atomic E-state index is 12.6. The smallest absolute Gasteiger partial charge is 0.323 e. The minimum atomic E-state index is -4.12. The second-order valence-electron chi connectivity index (χ2n) is 8.86. The van der Waals surface area contributed by atoms with Gasteiger partial charge in [0, 0.05) is 58.3 Å². The van der Waals surface area contributed by atoms with Crippen LogP contribution >= 0.6 is 11.6 Å². The van der Waals surface area contributed by atoms with Gasteiger partial charge in [-0.25, -0.2) is 8.42 Å². The number of hydrogen-bond acceptors (Lipinski definition) is 8. The van der Waals surface area contributed by atoms with Crippen molar-refractivity contribution in [1.82, 2.24) is 19.8 Å². The molecule has 6 N–H and O–H groups in total. The quantitative estimate of drug-likeness (QED) is 0.0261. The number of aliphatic hydroxyl groups excluding tert-OH is 1. The van der Waals surface area contributed by atoms with Crippen LogP contribution in [-0.4, -0.2) is 99.3 Å². The van der Waals surface area contributed by atoms with E-state index < -0.39 is 28.3 Å². The molecule has 0 fully saturated rings. The number of allylic oxidation sites excluding steroid dienone is 7. The highest BCUT2D eigenvalue weighted by molar-refractivity contribution is 7.93. The van der Waals surface area contributed by atoms with Gasteiger partial charge in [-0.05, 0) is 45.0 Å². The number of aliphatic imine (C=N–C) groups is 1. The van der Waals surface area contributed by atoms with Crippen molar-refractivity contribution in [3.8, 4) is 0 Å². The molecular formula is C32H59ClN6O5S. The predicted molar refractivity (Wildman–Crippen MR) is 192 cm³/mol. The molecular weight excluding hydrogens is 616 g/mol. The number of carboxylic acids is 1. The summed E-state index contributed by atoms with van der Waals surface area (Å²) < 4.78 is 27.3. The van der Waals surface area contributed by atoms with E-state index in [4.69, 9.17) is 17.3 Å². The van der Waals surface area contributed by atoms with Gasteiger partial charge < -0.3 is 25.7 Å². The highest BCUT2D eigenvalue weighted by Gasteiger charge is 2.26. The molecule has 0 aromatic rings. The minimum absolute atomic E-state index is 0.130. The normalized spacial score (nSPS) is 13.8. The van der Waals surface area contributed by atoms with Crippen molar-refractivity contribution < 1.29 is 23.4 Å². The summed E-state index contributed by atoms with van der Waals surface area (Å²) in [6, 6.07) is -1.50. The molecule has 0 heterocycles. The highest BCUT2D eigenvalue weighted by atomic mass is 35.5. The third-order valence-electron chi connectivity index (χ3n) is 5.69.